The molecule has 0 aliphatic heterocycles. The van der Waals surface area contributed by atoms with Gasteiger partial charge in [0, 0.05) is 12.7 Å². The normalized spacial score (nSPS) is 10.4. The zero-order chi connectivity index (χ0) is 11.8. The molecule has 90 valence electrons. The van der Waals surface area contributed by atoms with E-state index in [-0.39, 0.29) is 5.82 Å². The predicted octanol–water partition coefficient (Wildman–Crippen LogP) is 3.82. The van der Waals surface area contributed by atoms with Gasteiger partial charge in [-0.3, -0.25) is 0 Å². The number of halogens is 2. The Labute approximate surface area is 105 Å². The Bertz CT molecular complexity index is 323. The molecule has 0 bridgehead atoms. The van der Waals surface area contributed by atoms with Crippen LogP contribution in [0.4, 0.5) is 10.2 Å². The van der Waals surface area contributed by atoms with Crippen molar-refractivity contribution in [1.29, 1.82) is 0 Å². The molecule has 0 aliphatic carbocycles. The van der Waals surface area contributed by atoms with Crippen LogP contribution in [0, 0.1) is 5.82 Å². The van der Waals surface area contributed by atoms with Gasteiger partial charge >= 0.3 is 0 Å². The third-order valence-electron chi connectivity index (χ3n) is 2.13. The van der Waals surface area contributed by atoms with Crippen molar-refractivity contribution >= 4 is 29.2 Å². The molecule has 0 aromatic carbocycles. The molecular weight excluding hydrogens is 247 g/mol. The van der Waals surface area contributed by atoms with E-state index in [1.165, 1.54) is 24.4 Å². The quantitative estimate of drug-likeness (QED) is 0.756. The third kappa shape index (κ3) is 5.03. The lowest BCUT2D eigenvalue weighted by molar-refractivity contribution is 0.623. The van der Waals surface area contributed by atoms with Crippen molar-refractivity contribution in [3.05, 3.63) is 23.1 Å². The van der Waals surface area contributed by atoms with Gasteiger partial charge in [-0.15, -0.1) is 0 Å². The molecule has 2 nitrogen and oxygen atoms in total. The molecular formula is C11H16ClFN2S. The maximum absolute atomic E-state index is 13.3. The molecule has 0 spiro atoms. The van der Waals surface area contributed by atoms with E-state index in [1.54, 1.807) is 0 Å². The number of pyridine rings is 1. The first-order chi connectivity index (χ1) is 7.74. The minimum Gasteiger partial charge on any atom is -0.368 e. The fourth-order valence-electron chi connectivity index (χ4n) is 1.30. The van der Waals surface area contributed by atoms with E-state index in [9.17, 15) is 4.39 Å². The fraction of sp³-hybridized carbons (Fsp3) is 0.545. The number of thioether (sulfide) groups is 1. The highest BCUT2D eigenvalue weighted by atomic mass is 35.5. The van der Waals surface area contributed by atoms with Gasteiger partial charge in [0.05, 0.1) is 5.02 Å². The van der Waals surface area contributed by atoms with Gasteiger partial charge < -0.3 is 5.32 Å². The van der Waals surface area contributed by atoms with Crippen LogP contribution in [-0.4, -0.2) is 23.5 Å². The van der Waals surface area contributed by atoms with E-state index >= 15 is 0 Å². The molecule has 0 saturated carbocycles. The summed E-state index contributed by atoms with van der Waals surface area (Å²) in [7, 11) is 0. The molecule has 0 amide bonds. The molecule has 1 heterocycles. The Morgan fingerprint density at radius 2 is 2.25 bits per heavy atom. The van der Waals surface area contributed by atoms with Crippen LogP contribution in [0.25, 0.3) is 0 Å². The van der Waals surface area contributed by atoms with Crippen molar-refractivity contribution in [3.8, 4) is 0 Å². The number of aromatic nitrogens is 1. The number of unbranched alkanes of at least 4 members (excludes halogenated alkanes) is 2. The van der Waals surface area contributed by atoms with Gasteiger partial charge in [0.2, 0.25) is 0 Å². The molecule has 0 unspecified atom stereocenters. The van der Waals surface area contributed by atoms with Gasteiger partial charge in [-0.05, 0) is 30.9 Å². The summed E-state index contributed by atoms with van der Waals surface area (Å²) in [5.74, 6) is 1.08. The van der Waals surface area contributed by atoms with Gasteiger partial charge in [0.15, 0.2) is 11.6 Å². The van der Waals surface area contributed by atoms with Crippen LogP contribution in [0.15, 0.2) is 12.3 Å². The van der Waals surface area contributed by atoms with Crippen LogP contribution in [0.2, 0.25) is 5.02 Å². The van der Waals surface area contributed by atoms with E-state index in [4.69, 9.17) is 11.6 Å². The van der Waals surface area contributed by atoms with E-state index < -0.39 is 5.82 Å². The van der Waals surface area contributed by atoms with Gasteiger partial charge in [0.25, 0.3) is 0 Å². The van der Waals surface area contributed by atoms with E-state index in [2.05, 4.69) is 16.6 Å². The average molecular weight is 263 g/mol. The number of nitrogens with one attached hydrogen (secondary N) is 1. The second kappa shape index (κ2) is 7.74. The maximum atomic E-state index is 13.3. The van der Waals surface area contributed by atoms with Crippen molar-refractivity contribution in [2.75, 3.05) is 23.9 Å². The minimum atomic E-state index is -0.392. The smallest absolute Gasteiger partial charge is 0.166 e. The van der Waals surface area contributed by atoms with Crippen LogP contribution in [0.3, 0.4) is 0 Å². The number of anilines is 1. The SMILES string of the molecule is CSCCCCCNc1ncc(Cl)cc1F. The van der Waals surface area contributed by atoms with E-state index in [1.807, 2.05) is 11.8 Å². The summed E-state index contributed by atoms with van der Waals surface area (Å²) in [6.45, 7) is 0.750. The minimum absolute atomic E-state index is 0.286. The zero-order valence-electron chi connectivity index (χ0n) is 9.30. The number of hydrogen-bond donors (Lipinski definition) is 1. The first-order valence-corrected chi connectivity index (χ1v) is 7.05. The number of hydrogen-bond acceptors (Lipinski definition) is 3. The van der Waals surface area contributed by atoms with Crippen LogP contribution in [0.5, 0.6) is 0 Å². The molecule has 1 aromatic rings. The summed E-state index contributed by atoms with van der Waals surface area (Å²) in [5.41, 5.74) is 0. The van der Waals surface area contributed by atoms with Gasteiger partial charge in [-0.2, -0.15) is 11.8 Å². The molecule has 1 aromatic heterocycles. The zero-order valence-corrected chi connectivity index (χ0v) is 10.9. The van der Waals surface area contributed by atoms with Gasteiger partial charge in [-0.25, -0.2) is 9.37 Å². The number of nitrogens with zero attached hydrogens (tertiary/aromatic N) is 1. The standard InChI is InChI=1S/C11H16ClFN2S/c1-16-6-4-2-3-5-14-11-10(13)7-9(12)8-15-11/h7-8H,2-6H2,1H3,(H,14,15). The molecule has 0 radical (unpaired) electrons. The van der Waals surface area contributed by atoms with Gasteiger partial charge in [-0.1, -0.05) is 18.0 Å². The summed E-state index contributed by atoms with van der Waals surface area (Å²) < 4.78 is 13.3. The fourth-order valence-corrected chi connectivity index (χ4v) is 1.94. The third-order valence-corrected chi connectivity index (χ3v) is 3.03. The first kappa shape index (κ1) is 13.6. The molecule has 0 aliphatic rings. The average Bonchev–Trinajstić information content (AvgIpc) is 2.26. The van der Waals surface area contributed by atoms with Crippen molar-refractivity contribution in [2.45, 2.75) is 19.3 Å². The molecule has 1 rings (SSSR count). The Balaban J connectivity index is 2.21. The molecule has 0 saturated heterocycles. The van der Waals surface area contributed by atoms with Crippen molar-refractivity contribution in [1.82, 2.24) is 4.98 Å². The van der Waals surface area contributed by atoms with Crippen LogP contribution in [-0.2, 0) is 0 Å². The van der Waals surface area contributed by atoms with Crippen LogP contribution < -0.4 is 5.32 Å². The molecule has 5 heteroatoms. The van der Waals surface area contributed by atoms with Crippen LogP contribution >= 0.6 is 23.4 Å². The van der Waals surface area contributed by atoms with Crippen molar-refractivity contribution < 1.29 is 4.39 Å². The summed E-state index contributed by atoms with van der Waals surface area (Å²) in [4.78, 5) is 3.89. The number of rotatable bonds is 7. The highest BCUT2D eigenvalue weighted by Gasteiger charge is 2.02. The van der Waals surface area contributed by atoms with Crippen LogP contribution in [0.1, 0.15) is 19.3 Å². The Kier molecular flexibility index (Phi) is 6.57. The van der Waals surface area contributed by atoms with Crippen molar-refractivity contribution in [2.24, 2.45) is 0 Å². The lowest BCUT2D eigenvalue weighted by Crippen LogP contribution is -2.05. The molecule has 16 heavy (non-hydrogen) atoms. The summed E-state index contributed by atoms with van der Waals surface area (Å²) in [5, 5.41) is 3.29. The predicted molar refractivity (Wildman–Crippen MR) is 69.9 cm³/mol. The summed E-state index contributed by atoms with van der Waals surface area (Å²) in [6, 6.07) is 1.27. The largest absolute Gasteiger partial charge is 0.368 e. The second-order valence-electron chi connectivity index (χ2n) is 3.46. The van der Waals surface area contributed by atoms with Gasteiger partial charge in [0.1, 0.15) is 0 Å². The lowest BCUT2D eigenvalue weighted by atomic mass is 10.2. The Morgan fingerprint density at radius 1 is 1.44 bits per heavy atom. The Hall–Kier alpha value is -0.480. The van der Waals surface area contributed by atoms with E-state index in [0.717, 1.165) is 19.4 Å². The van der Waals surface area contributed by atoms with Crippen molar-refractivity contribution in [3.63, 3.8) is 0 Å². The summed E-state index contributed by atoms with van der Waals surface area (Å²) >= 11 is 7.46. The second-order valence-corrected chi connectivity index (χ2v) is 4.89. The molecule has 0 atom stereocenters. The lowest BCUT2D eigenvalue weighted by Gasteiger charge is -2.06. The monoisotopic (exact) mass is 262 g/mol. The topological polar surface area (TPSA) is 24.9 Å². The molecule has 0 fully saturated rings. The maximum Gasteiger partial charge on any atom is 0.166 e. The molecule has 1 N–H and O–H groups in total. The first-order valence-electron chi connectivity index (χ1n) is 5.28. The summed E-state index contributed by atoms with van der Waals surface area (Å²) in [6.07, 6.45) is 6.94. The van der Waals surface area contributed by atoms with E-state index in [0.29, 0.717) is 5.02 Å². The Morgan fingerprint density at radius 3 is 2.94 bits per heavy atom. The highest BCUT2D eigenvalue weighted by molar-refractivity contribution is 7.98. The highest BCUT2D eigenvalue weighted by Crippen LogP contribution is 2.15.